The highest BCUT2D eigenvalue weighted by molar-refractivity contribution is 7.80. The van der Waals surface area contributed by atoms with Crippen molar-refractivity contribution in [1.82, 2.24) is 10.6 Å². The molecule has 0 radical (unpaired) electrons. The van der Waals surface area contributed by atoms with Crippen LogP contribution in [0.15, 0.2) is 47.4 Å². The van der Waals surface area contributed by atoms with Crippen LogP contribution in [0.5, 0.6) is 0 Å². The fourth-order valence-electron chi connectivity index (χ4n) is 2.02. The molecular formula is C13H12N2S2. The third kappa shape index (κ3) is 2.18. The maximum Gasteiger partial charge on any atom is 0.171 e. The van der Waals surface area contributed by atoms with Crippen LogP contribution in [0, 0.1) is 0 Å². The number of thiocarbonyl (C=S) groups is 1. The Kier molecular flexibility index (Phi) is 2.82. The summed E-state index contributed by atoms with van der Waals surface area (Å²) in [5, 5.41) is 9.29. The molecule has 1 aromatic rings. The first-order valence-corrected chi connectivity index (χ1v) is 6.80. The van der Waals surface area contributed by atoms with Crippen molar-refractivity contribution in [2.24, 2.45) is 0 Å². The number of allylic oxidation sites excluding steroid dienone is 3. The first-order valence-electron chi connectivity index (χ1n) is 5.52. The second-order valence-corrected chi connectivity index (χ2v) is 5.36. The molecule has 2 N–H and O–H groups in total. The highest BCUT2D eigenvalue weighted by Gasteiger charge is 2.20. The summed E-state index contributed by atoms with van der Waals surface area (Å²) in [4.78, 5) is 1.23. The van der Waals surface area contributed by atoms with Crippen LogP contribution in [0.4, 0.5) is 0 Å². The summed E-state index contributed by atoms with van der Waals surface area (Å²) in [6, 6.07) is 4.38. The second kappa shape index (κ2) is 4.47. The Morgan fingerprint density at radius 2 is 2.35 bits per heavy atom. The second-order valence-electron chi connectivity index (χ2n) is 4.01. The van der Waals surface area contributed by atoms with Gasteiger partial charge < -0.3 is 10.6 Å². The third-order valence-electron chi connectivity index (χ3n) is 2.85. The minimum atomic E-state index is 0.218. The number of nitrogens with one attached hydrogen (secondary N) is 2. The fourth-order valence-corrected chi connectivity index (χ4v) is 2.96. The van der Waals surface area contributed by atoms with Gasteiger partial charge in [-0.25, -0.2) is 0 Å². The molecule has 1 atom stereocenters. The Labute approximate surface area is 110 Å². The van der Waals surface area contributed by atoms with Gasteiger partial charge in [0.15, 0.2) is 5.11 Å². The van der Waals surface area contributed by atoms with E-state index < -0.39 is 0 Å². The van der Waals surface area contributed by atoms with Crippen molar-refractivity contribution in [3.63, 3.8) is 0 Å². The number of thiophene rings is 1. The lowest BCUT2D eigenvalue weighted by molar-refractivity contribution is 0.790. The van der Waals surface area contributed by atoms with E-state index in [9.17, 15) is 0 Å². The summed E-state index contributed by atoms with van der Waals surface area (Å²) in [6.45, 7) is 0. The SMILES string of the molecule is S=C1NC(c2cccs2)=CC(C2=CC=CC2)N1. The average Bonchev–Trinajstić information content (AvgIpc) is 3.02. The van der Waals surface area contributed by atoms with Crippen LogP contribution in [0.25, 0.3) is 5.70 Å². The van der Waals surface area contributed by atoms with Gasteiger partial charge in [0.05, 0.1) is 16.6 Å². The molecule has 3 rings (SSSR count). The van der Waals surface area contributed by atoms with Gasteiger partial charge in [-0.3, -0.25) is 0 Å². The van der Waals surface area contributed by atoms with Crippen molar-refractivity contribution < 1.29 is 0 Å². The van der Waals surface area contributed by atoms with Crippen LogP contribution in [0.2, 0.25) is 0 Å². The van der Waals surface area contributed by atoms with Crippen molar-refractivity contribution in [2.45, 2.75) is 12.5 Å². The molecular weight excluding hydrogens is 248 g/mol. The van der Waals surface area contributed by atoms with Crippen LogP contribution < -0.4 is 10.6 Å². The molecule has 0 spiro atoms. The van der Waals surface area contributed by atoms with Gasteiger partial charge in [-0.1, -0.05) is 24.3 Å². The van der Waals surface area contributed by atoms with Gasteiger partial charge in [-0.2, -0.15) is 0 Å². The molecule has 0 saturated carbocycles. The fraction of sp³-hybridized carbons (Fsp3) is 0.154. The molecule has 1 unspecified atom stereocenters. The Balaban J connectivity index is 1.90. The summed E-state index contributed by atoms with van der Waals surface area (Å²) < 4.78 is 0. The molecule has 17 heavy (non-hydrogen) atoms. The Hall–Kier alpha value is -1.39. The first-order chi connectivity index (χ1) is 8.33. The normalized spacial score (nSPS) is 22.8. The topological polar surface area (TPSA) is 24.1 Å². The molecule has 0 amide bonds. The molecule has 2 nitrogen and oxygen atoms in total. The predicted molar refractivity (Wildman–Crippen MR) is 76.8 cm³/mol. The maximum absolute atomic E-state index is 5.26. The highest BCUT2D eigenvalue weighted by atomic mass is 32.1. The van der Waals surface area contributed by atoms with Crippen molar-refractivity contribution in [1.29, 1.82) is 0 Å². The van der Waals surface area contributed by atoms with Gasteiger partial charge in [0.2, 0.25) is 0 Å². The van der Waals surface area contributed by atoms with Crippen LogP contribution in [-0.2, 0) is 0 Å². The highest BCUT2D eigenvalue weighted by Crippen LogP contribution is 2.24. The van der Waals surface area contributed by atoms with E-state index >= 15 is 0 Å². The molecule has 0 aromatic carbocycles. The molecule has 1 aliphatic heterocycles. The maximum atomic E-state index is 5.26. The summed E-state index contributed by atoms with van der Waals surface area (Å²) in [6.07, 6.45) is 9.64. The van der Waals surface area contributed by atoms with Crippen LogP contribution >= 0.6 is 23.6 Å². The van der Waals surface area contributed by atoms with Gasteiger partial charge in [0, 0.05) is 0 Å². The van der Waals surface area contributed by atoms with Gasteiger partial charge in [-0.15, -0.1) is 11.3 Å². The number of rotatable bonds is 2. The smallest absolute Gasteiger partial charge is 0.171 e. The molecule has 1 aliphatic carbocycles. The van der Waals surface area contributed by atoms with Crippen molar-refractivity contribution in [3.05, 3.63) is 52.3 Å². The molecule has 1 aromatic heterocycles. The largest absolute Gasteiger partial charge is 0.352 e. The standard InChI is InChI=1S/C13H12N2S2/c16-13-14-10(9-4-1-2-5-9)8-11(15-13)12-6-3-7-17-12/h1-4,6-8,10H,5H2,(H2,14,15,16). The molecule has 86 valence electrons. The van der Waals surface area contributed by atoms with E-state index in [1.165, 1.54) is 10.5 Å². The quantitative estimate of drug-likeness (QED) is 0.800. The number of hydrogen-bond donors (Lipinski definition) is 2. The van der Waals surface area contributed by atoms with Crippen LogP contribution in [0.3, 0.4) is 0 Å². The molecule has 2 heterocycles. The van der Waals surface area contributed by atoms with E-state index in [2.05, 4.69) is 52.5 Å². The molecule has 4 heteroatoms. The molecule has 0 bridgehead atoms. The van der Waals surface area contributed by atoms with Crippen molar-refractivity contribution in [2.75, 3.05) is 0 Å². The minimum Gasteiger partial charge on any atom is -0.352 e. The van der Waals surface area contributed by atoms with E-state index in [1.54, 1.807) is 11.3 Å². The zero-order valence-corrected chi connectivity index (χ0v) is 10.8. The average molecular weight is 260 g/mol. The lowest BCUT2D eigenvalue weighted by atomic mass is 10.0. The monoisotopic (exact) mass is 260 g/mol. The first kappa shape index (κ1) is 10.7. The van der Waals surface area contributed by atoms with E-state index in [0.717, 1.165) is 12.1 Å². The zero-order chi connectivity index (χ0) is 11.7. The zero-order valence-electron chi connectivity index (χ0n) is 9.14. The van der Waals surface area contributed by atoms with Gasteiger partial charge in [-0.05, 0) is 41.7 Å². The van der Waals surface area contributed by atoms with E-state index in [-0.39, 0.29) is 6.04 Å². The van der Waals surface area contributed by atoms with Crippen LogP contribution in [-0.4, -0.2) is 11.2 Å². The van der Waals surface area contributed by atoms with E-state index in [0.29, 0.717) is 5.11 Å². The summed E-state index contributed by atoms with van der Waals surface area (Å²) >= 11 is 6.99. The summed E-state index contributed by atoms with van der Waals surface area (Å²) in [5.41, 5.74) is 2.48. The third-order valence-corrected chi connectivity index (χ3v) is 3.98. The van der Waals surface area contributed by atoms with Crippen molar-refractivity contribution >= 4 is 34.4 Å². The Morgan fingerprint density at radius 3 is 3.06 bits per heavy atom. The molecule has 0 fully saturated rings. The Bertz CT molecular complexity index is 524. The molecule has 2 aliphatic rings. The predicted octanol–water partition coefficient (Wildman–Crippen LogP) is 2.82. The lowest BCUT2D eigenvalue weighted by Crippen LogP contribution is -2.45. The summed E-state index contributed by atoms with van der Waals surface area (Å²) in [5.74, 6) is 0. The summed E-state index contributed by atoms with van der Waals surface area (Å²) in [7, 11) is 0. The Morgan fingerprint density at radius 1 is 1.41 bits per heavy atom. The van der Waals surface area contributed by atoms with E-state index in [4.69, 9.17) is 12.2 Å². The van der Waals surface area contributed by atoms with Crippen LogP contribution in [0.1, 0.15) is 11.3 Å². The minimum absolute atomic E-state index is 0.218. The van der Waals surface area contributed by atoms with Gasteiger partial charge >= 0.3 is 0 Å². The van der Waals surface area contributed by atoms with Gasteiger partial charge in [0.1, 0.15) is 0 Å². The number of hydrogen-bond acceptors (Lipinski definition) is 2. The van der Waals surface area contributed by atoms with Crippen molar-refractivity contribution in [3.8, 4) is 0 Å². The lowest BCUT2D eigenvalue weighted by Gasteiger charge is -2.26. The molecule has 0 saturated heterocycles. The van der Waals surface area contributed by atoms with E-state index in [1.807, 2.05) is 0 Å². The van der Waals surface area contributed by atoms with Gasteiger partial charge in [0.25, 0.3) is 0 Å².